The number of piperidine rings is 1. The van der Waals surface area contributed by atoms with E-state index in [0.717, 1.165) is 30.6 Å². The average molecular weight is 348 g/mol. The number of nitrogens with one attached hydrogen (secondary N) is 2. The smallest absolute Gasteiger partial charge is 0.271 e. The zero-order valence-electron chi connectivity index (χ0n) is 14.3. The molecule has 132 valence electrons. The van der Waals surface area contributed by atoms with Crippen molar-refractivity contribution in [1.82, 2.24) is 25.1 Å². The topological polar surface area (TPSA) is 86.8 Å². The van der Waals surface area contributed by atoms with E-state index in [1.165, 1.54) is 0 Å². The van der Waals surface area contributed by atoms with E-state index < -0.39 is 0 Å². The second-order valence-electron chi connectivity index (χ2n) is 6.34. The van der Waals surface area contributed by atoms with Crippen molar-refractivity contribution in [2.75, 3.05) is 18.4 Å². The molecule has 1 unspecified atom stereocenters. The molecule has 2 aromatic heterocycles. The second kappa shape index (κ2) is 7.35. The van der Waals surface area contributed by atoms with Crippen LogP contribution in [0.25, 0.3) is 11.3 Å². The summed E-state index contributed by atoms with van der Waals surface area (Å²) in [5.41, 5.74) is 2.28. The molecule has 1 amide bonds. The van der Waals surface area contributed by atoms with Crippen LogP contribution in [-0.4, -0.2) is 50.1 Å². The van der Waals surface area contributed by atoms with E-state index >= 15 is 0 Å². The summed E-state index contributed by atoms with van der Waals surface area (Å²) in [5.74, 6) is 0.569. The van der Waals surface area contributed by atoms with Gasteiger partial charge in [0.15, 0.2) is 0 Å². The minimum atomic E-state index is -0.0276. The molecule has 1 aliphatic rings. The quantitative estimate of drug-likeness (QED) is 0.757. The van der Waals surface area contributed by atoms with Crippen molar-refractivity contribution in [2.24, 2.45) is 0 Å². The largest absolute Gasteiger partial charge is 0.350 e. The van der Waals surface area contributed by atoms with Crippen LogP contribution >= 0.6 is 0 Å². The zero-order valence-corrected chi connectivity index (χ0v) is 14.3. The Morgan fingerprint density at radius 1 is 1.15 bits per heavy atom. The van der Waals surface area contributed by atoms with E-state index in [0.29, 0.717) is 18.2 Å². The van der Waals surface area contributed by atoms with Gasteiger partial charge in [0.2, 0.25) is 5.95 Å². The van der Waals surface area contributed by atoms with Crippen molar-refractivity contribution < 1.29 is 4.79 Å². The van der Waals surface area contributed by atoms with Gasteiger partial charge in [-0.1, -0.05) is 30.3 Å². The van der Waals surface area contributed by atoms with Crippen molar-refractivity contribution >= 4 is 11.9 Å². The number of nitrogens with zero attached hydrogens (tertiary/aromatic N) is 4. The summed E-state index contributed by atoms with van der Waals surface area (Å²) in [7, 11) is 0. The molecule has 1 atom stereocenters. The molecule has 7 nitrogen and oxygen atoms in total. The monoisotopic (exact) mass is 348 g/mol. The molecule has 26 heavy (non-hydrogen) atoms. The molecule has 2 N–H and O–H groups in total. The van der Waals surface area contributed by atoms with E-state index in [-0.39, 0.29) is 11.9 Å². The first-order valence-corrected chi connectivity index (χ1v) is 8.73. The Balaban J connectivity index is 1.44. The molecule has 1 aliphatic heterocycles. The summed E-state index contributed by atoms with van der Waals surface area (Å²) in [5, 5.41) is 10.5. The van der Waals surface area contributed by atoms with E-state index in [1.807, 2.05) is 41.3 Å². The number of hydrogen-bond acceptors (Lipinski definition) is 5. The lowest BCUT2D eigenvalue weighted by atomic mass is 10.1. The van der Waals surface area contributed by atoms with E-state index in [2.05, 4.69) is 25.5 Å². The van der Waals surface area contributed by atoms with Gasteiger partial charge in [-0.15, -0.1) is 0 Å². The summed E-state index contributed by atoms with van der Waals surface area (Å²) in [6, 6.07) is 13.6. The molecule has 3 heterocycles. The van der Waals surface area contributed by atoms with Crippen molar-refractivity contribution in [3.05, 3.63) is 60.6 Å². The SMILES string of the molecule is O=C(c1cc(-c2ccccc2)n[nH]1)N1CCCC(Nc2ncccn2)C1. The number of H-pyrrole nitrogens is 1. The number of hydrogen-bond donors (Lipinski definition) is 2. The fourth-order valence-electron chi connectivity index (χ4n) is 3.19. The minimum Gasteiger partial charge on any atom is -0.350 e. The molecule has 3 aromatic rings. The predicted molar refractivity (Wildman–Crippen MR) is 98.6 cm³/mol. The van der Waals surface area contributed by atoms with E-state index in [9.17, 15) is 4.79 Å². The molecule has 7 heteroatoms. The standard InChI is InChI=1S/C19H20N6O/c26-18(17-12-16(23-24-17)14-6-2-1-3-7-14)25-11-4-8-15(13-25)22-19-20-9-5-10-21-19/h1-3,5-7,9-10,12,15H,4,8,11,13H2,(H,23,24)(H,20,21,22). The fourth-order valence-corrected chi connectivity index (χ4v) is 3.19. The van der Waals surface area contributed by atoms with Crippen LogP contribution in [-0.2, 0) is 0 Å². The van der Waals surface area contributed by atoms with Crippen LogP contribution in [0.2, 0.25) is 0 Å². The van der Waals surface area contributed by atoms with Crippen LogP contribution in [0.15, 0.2) is 54.9 Å². The average Bonchev–Trinajstić information content (AvgIpc) is 3.19. The van der Waals surface area contributed by atoms with Crippen LogP contribution in [0.4, 0.5) is 5.95 Å². The van der Waals surface area contributed by atoms with Crippen LogP contribution in [0.1, 0.15) is 23.3 Å². The van der Waals surface area contributed by atoms with Gasteiger partial charge in [-0.25, -0.2) is 9.97 Å². The summed E-state index contributed by atoms with van der Waals surface area (Å²) in [6.07, 6.45) is 5.34. The van der Waals surface area contributed by atoms with Crippen molar-refractivity contribution in [1.29, 1.82) is 0 Å². The molecule has 1 saturated heterocycles. The first kappa shape index (κ1) is 16.3. The maximum atomic E-state index is 12.8. The molecular weight excluding hydrogens is 328 g/mol. The third-order valence-electron chi connectivity index (χ3n) is 4.49. The van der Waals surface area contributed by atoms with E-state index in [1.54, 1.807) is 18.5 Å². The molecular formula is C19H20N6O. The third-order valence-corrected chi connectivity index (χ3v) is 4.49. The van der Waals surface area contributed by atoms with Crippen LogP contribution in [0.5, 0.6) is 0 Å². The second-order valence-corrected chi connectivity index (χ2v) is 6.34. The highest BCUT2D eigenvalue weighted by atomic mass is 16.2. The Morgan fingerprint density at radius 2 is 1.96 bits per heavy atom. The number of rotatable bonds is 4. The van der Waals surface area contributed by atoms with Gasteiger partial charge in [0, 0.05) is 37.1 Å². The number of aromatic amines is 1. The first-order chi connectivity index (χ1) is 12.8. The maximum absolute atomic E-state index is 12.8. The maximum Gasteiger partial charge on any atom is 0.271 e. The van der Waals surface area contributed by atoms with Crippen LogP contribution in [0.3, 0.4) is 0 Å². The highest BCUT2D eigenvalue weighted by Gasteiger charge is 2.26. The van der Waals surface area contributed by atoms with Crippen molar-refractivity contribution in [2.45, 2.75) is 18.9 Å². The van der Waals surface area contributed by atoms with Gasteiger partial charge in [0.25, 0.3) is 5.91 Å². The van der Waals surface area contributed by atoms with Gasteiger partial charge >= 0.3 is 0 Å². The molecule has 0 saturated carbocycles. The summed E-state index contributed by atoms with van der Waals surface area (Å²) in [6.45, 7) is 1.36. The van der Waals surface area contributed by atoms with Gasteiger partial charge in [-0.2, -0.15) is 5.10 Å². The summed E-state index contributed by atoms with van der Waals surface area (Å²) >= 11 is 0. The van der Waals surface area contributed by atoms with Gasteiger partial charge < -0.3 is 10.2 Å². The zero-order chi connectivity index (χ0) is 17.8. The number of aromatic nitrogens is 4. The van der Waals surface area contributed by atoms with Crippen LogP contribution in [0, 0.1) is 0 Å². The van der Waals surface area contributed by atoms with Gasteiger partial charge in [0.05, 0.1) is 5.69 Å². The molecule has 0 radical (unpaired) electrons. The number of carbonyl (C=O) groups excluding carboxylic acids is 1. The Hall–Kier alpha value is -3.22. The lowest BCUT2D eigenvalue weighted by molar-refractivity contribution is 0.0708. The molecule has 4 rings (SSSR count). The molecule has 1 fully saturated rings. The number of amides is 1. The third kappa shape index (κ3) is 3.56. The summed E-state index contributed by atoms with van der Waals surface area (Å²) in [4.78, 5) is 23.1. The predicted octanol–water partition coefficient (Wildman–Crippen LogP) is 2.58. The van der Waals surface area contributed by atoms with Crippen molar-refractivity contribution in [3.8, 4) is 11.3 Å². The van der Waals surface area contributed by atoms with Gasteiger partial charge in [-0.3, -0.25) is 9.89 Å². The number of likely N-dealkylation sites (tertiary alicyclic amines) is 1. The lowest BCUT2D eigenvalue weighted by Crippen LogP contribution is -2.45. The molecule has 1 aromatic carbocycles. The molecule has 0 spiro atoms. The Kier molecular flexibility index (Phi) is 4.59. The molecule has 0 aliphatic carbocycles. The highest BCUT2D eigenvalue weighted by Crippen LogP contribution is 2.20. The molecule has 0 bridgehead atoms. The van der Waals surface area contributed by atoms with Gasteiger partial charge in [0.1, 0.15) is 5.69 Å². The number of benzene rings is 1. The Bertz CT molecular complexity index is 864. The lowest BCUT2D eigenvalue weighted by Gasteiger charge is -2.32. The Labute approximate surface area is 151 Å². The van der Waals surface area contributed by atoms with E-state index in [4.69, 9.17) is 0 Å². The van der Waals surface area contributed by atoms with Crippen LogP contribution < -0.4 is 5.32 Å². The number of carbonyl (C=O) groups is 1. The number of anilines is 1. The van der Waals surface area contributed by atoms with Crippen molar-refractivity contribution in [3.63, 3.8) is 0 Å². The minimum absolute atomic E-state index is 0.0276. The summed E-state index contributed by atoms with van der Waals surface area (Å²) < 4.78 is 0. The Morgan fingerprint density at radius 3 is 2.77 bits per heavy atom. The fraction of sp³-hybridized carbons (Fsp3) is 0.263. The van der Waals surface area contributed by atoms with Gasteiger partial charge in [-0.05, 0) is 25.0 Å². The highest BCUT2D eigenvalue weighted by molar-refractivity contribution is 5.93. The normalized spacial score (nSPS) is 17.1. The first-order valence-electron chi connectivity index (χ1n) is 8.73.